The zero-order chi connectivity index (χ0) is 26.4. The molecule has 4 heterocycles. The molecule has 0 aliphatic carbocycles. The highest BCUT2D eigenvalue weighted by molar-refractivity contribution is 7.18. The van der Waals surface area contributed by atoms with Crippen molar-refractivity contribution < 1.29 is 4.39 Å². The first-order chi connectivity index (χ1) is 17.8. The number of aromatic nitrogens is 4. The van der Waals surface area contributed by atoms with E-state index >= 15 is 4.39 Å². The lowest BCUT2D eigenvalue weighted by Gasteiger charge is -2.49. The van der Waals surface area contributed by atoms with Gasteiger partial charge in [-0.2, -0.15) is 5.26 Å². The summed E-state index contributed by atoms with van der Waals surface area (Å²) >= 11 is 1.40. The highest BCUT2D eigenvalue weighted by Gasteiger charge is 2.37. The molecular weight excluding hydrogens is 489 g/mol. The Labute approximate surface area is 219 Å². The van der Waals surface area contributed by atoms with Crippen molar-refractivity contribution >= 4 is 32.9 Å². The van der Waals surface area contributed by atoms with Crippen LogP contribution in [0.15, 0.2) is 29.2 Å². The predicted molar refractivity (Wildman–Crippen MR) is 145 cm³/mol. The van der Waals surface area contributed by atoms with Crippen molar-refractivity contribution in [3.63, 3.8) is 0 Å². The highest BCUT2D eigenvalue weighted by Crippen LogP contribution is 2.36. The van der Waals surface area contributed by atoms with Gasteiger partial charge in [-0.05, 0) is 32.8 Å². The van der Waals surface area contributed by atoms with Crippen LogP contribution in [0, 0.1) is 24.1 Å². The number of benzene rings is 1. The minimum Gasteiger partial charge on any atom is -0.362 e. The summed E-state index contributed by atoms with van der Waals surface area (Å²) in [6.07, 6.45) is 3.70. The molecule has 1 aromatic carbocycles. The van der Waals surface area contributed by atoms with E-state index in [1.165, 1.54) is 16.0 Å². The summed E-state index contributed by atoms with van der Waals surface area (Å²) in [5.74, 6) is -0.170. The third-order valence-corrected chi connectivity index (χ3v) is 8.68. The lowest BCUT2D eigenvalue weighted by Crippen LogP contribution is -2.59. The Kier molecular flexibility index (Phi) is 6.77. The third-order valence-electron chi connectivity index (χ3n) is 7.70. The topological polar surface area (TPSA) is 82.5 Å². The van der Waals surface area contributed by atoms with Gasteiger partial charge < -0.3 is 4.90 Å². The zero-order valence-electron chi connectivity index (χ0n) is 21.9. The molecule has 1 saturated heterocycles. The summed E-state index contributed by atoms with van der Waals surface area (Å²) < 4.78 is 19.5. The lowest BCUT2D eigenvalue weighted by atomic mass is 9.96. The average molecular weight is 522 g/mol. The standard InChI is InChI=1S/C27H32FN7OS/c1-6-19-15-34(23-12-24(36)32(5)35-13-18(10-11-29)31-27(23)35)20(7-2)14-33(19)16(3)21-8-9-22-26(25(21)28)37-17(4)30-22/h8-9,12-13,16,19-20H,6-7,10,14-15H2,1-5H3/t16?,19-,20+/m1/s1. The Morgan fingerprint density at radius 1 is 1.22 bits per heavy atom. The summed E-state index contributed by atoms with van der Waals surface area (Å²) in [7, 11) is 1.71. The number of nitriles is 1. The number of fused-ring (bicyclic) bond motifs is 2. The molecule has 0 bridgehead atoms. The fourth-order valence-corrected chi connectivity index (χ4v) is 6.49. The van der Waals surface area contributed by atoms with Gasteiger partial charge in [0, 0.05) is 49.9 Å². The molecule has 0 spiro atoms. The maximum absolute atomic E-state index is 15.6. The van der Waals surface area contributed by atoms with E-state index in [1.807, 2.05) is 19.1 Å². The Hall–Kier alpha value is -3.29. The van der Waals surface area contributed by atoms with Crippen LogP contribution in [0.4, 0.5) is 10.1 Å². The first kappa shape index (κ1) is 25.4. The molecule has 1 aliphatic rings. The molecule has 1 fully saturated rings. The van der Waals surface area contributed by atoms with Crippen molar-refractivity contribution in [2.75, 3.05) is 18.0 Å². The normalized spacial score (nSPS) is 19.5. The fourth-order valence-electron chi connectivity index (χ4n) is 5.62. The Balaban J connectivity index is 1.52. The van der Waals surface area contributed by atoms with Gasteiger partial charge in [0.15, 0.2) is 5.65 Å². The number of anilines is 1. The number of piperazine rings is 1. The van der Waals surface area contributed by atoms with Crippen molar-refractivity contribution in [1.29, 1.82) is 5.26 Å². The van der Waals surface area contributed by atoms with Crippen LogP contribution in [0.3, 0.4) is 0 Å². The monoisotopic (exact) mass is 521 g/mol. The number of imidazole rings is 1. The Morgan fingerprint density at radius 3 is 2.68 bits per heavy atom. The molecule has 3 aromatic heterocycles. The summed E-state index contributed by atoms with van der Waals surface area (Å²) in [5, 5.41) is 10.0. The van der Waals surface area contributed by atoms with E-state index in [0.717, 1.165) is 30.1 Å². The van der Waals surface area contributed by atoms with Gasteiger partial charge >= 0.3 is 0 Å². The molecule has 5 rings (SSSR count). The smallest absolute Gasteiger partial charge is 0.267 e. The fraction of sp³-hybridized carbons (Fsp3) is 0.481. The quantitative estimate of drug-likeness (QED) is 0.369. The minimum absolute atomic E-state index is 0.106. The second-order valence-electron chi connectivity index (χ2n) is 9.83. The SMILES string of the molecule is CC[C@H]1CN(C(C)c2ccc3nc(C)sc3c2F)[C@H](CC)CN1c1cc(=O)n(C)n2cc(CC#N)nc12. The zero-order valence-corrected chi connectivity index (χ0v) is 22.7. The van der Waals surface area contributed by atoms with Crippen molar-refractivity contribution in [3.05, 3.63) is 56.8 Å². The van der Waals surface area contributed by atoms with Crippen molar-refractivity contribution in [1.82, 2.24) is 24.1 Å². The van der Waals surface area contributed by atoms with Crippen LogP contribution in [0.5, 0.6) is 0 Å². The van der Waals surface area contributed by atoms with E-state index in [4.69, 9.17) is 4.98 Å². The molecule has 0 amide bonds. The number of nitrogens with zero attached hydrogens (tertiary/aromatic N) is 7. The number of aryl methyl sites for hydroxylation is 2. The van der Waals surface area contributed by atoms with Gasteiger partial charge in [-0.1, -0.05) is 19.9 Å². The largest absolute Gasteiger partial charge is 0.362 e. The summed E-state index contributed by atoms with van der Waals surface area (Å²) in [6, 6.07) is 7.79. The molecule has 0 radical (unpaired) electrons. The molecule has 1 unspecified atom stereocenters. The molecule has 10 heteroatoms. The molecule has 0 N–H and O–H groups in total. The maximum atomic E-state index is 15.6. The van der Waals surface area contributed by atoms with Crippen LogP contribution >= 0.6 is 11.3 Å². The van der Waals surface area contributed by atoms with Gasteiger partial charge in [0.25, 0.3) is 5.56 Å². The molecule has 0 saturated carbocycles. The van der Waals surface area contributed by atoms with Gasteiger partial charge in [-0.3, -0.25) is 9.69 Å². The van der Waals surface area contributed by atoms with E-state index in [9.17, 15) is 10.1 Å². The predicted octanol–water partition coefficient (Wildman–Crippen LogP) is 4.60. The molecule has 3 atom stereocenters. The Morgan fingerprint density at radius 2 is 1.97 bits per heavy atom. The molecule has 37 heavy (non-hydrogen) atoms. The minimum atomic E-state index is -0.170. The van der Waals surface area contributed by atoms with Crippen molar-refractivity contribution in [2.24, 2.45) is 7.05 Å². The second kappa shape index (κ2) is 9.88. The van der Waals surface area contributed by atoms with Gasteiger partial charge in [0.2, 0.25) is 0 Å². The number of rotatable bonds is 6. The second-order valence-corrected chi connectivity index (χ2v) is 11.0. The lowest BCUT2D eigenvalue weighted by molar-refractivity contribution is 0.0995. The van der Waals surface area contributed by atoms with Crippen LogP contribution < -0.4 is 10.5 Å². The number of thiazole rings is 1. The summed E-state index contributed by atoms with van der Waals surface area (Å²) in [4.78, 5) is 26.7. The summed E-state index contributed by atoms with van der Waals surface area (Å²) in [6.45, 7) is 9.73. The first-order valence-corrected chi connectivity index (χ1v) is 13.6. The van der Waals surface area contributed by atoms with Crippen LogP contribution in [-0.2, 0) is 13.5 Å². The third kappa shape index (κ3) is 4.30. The van der Waals surface area contributed by atoms with Crippen LogP contribution in [0.2, 0.25) is 0 Å². The first-order valence-electron chi connectivity index (χ1n) is 12.8. The van der Waals surface area contributed by atoms with Gasteiger partial charge in [-0.25, -0.2) is 23.6 Å². The van der Waals surface area contributed by atoms with Crippen LogP contribution in [-0.4, -0.2) is 49.2 Å². The molecule has 4 aromatic rings. The van der Waals surface area contributed by atoms with Gasteiger partial charge in [0.1, 0.15) is 5.82 Å². The van der Waals surface area contributed by atoms with Crippen molar-refractivity contribution in [2.45, 2.75) is 65.1 Å². The molecule has 8 nitrogen and oxygen atoms in total. The highest BCUT2D eigenvalue weighted by atomic mass is 32.1. The van der Waals surface area contributed by atoms with Gasteiger partial charge in [-0.15, -0.1) is 11.3 Å². The number of hydrogen-bond acceptors (Lipinski definition) is 7. The maximum Gasteiger partial charge on any atom is 0.267 e. The van der Waals surface area contributed by atoms with E-state index in [-0.39, 0.29) is 35.9 Å². The van der Waals surface area contributed by atoms with Crippen LogP contribution in [0.1, 0.15) is 55.9 Å². The molecular formula is C27H32FN7OS. The van der Waals surface area contributed by atoms with Gasteiger partial charge in [0.05, 0.1) is 45.3 Å². The molecule has 1 aliphatic heterocycles. The van der Waals surface area contributed by atoms with E-state index in [2.05, 4.69) is 41.6 Å². The van der Waals surface area contributed by atoms with E-state index < -0.39 is 0 Å². The van der Waals surface area contributed by atoms with E-state index in [0.29, 0.717) is 33.7 Å². The average Bonchev–Trinajstić information content (AvgIpc) is 3.49. The summed E-state index contributed by atoms with van der Waals surface area (Å²) in [5.41, 5.74) is 3.39. The van der Waals surface area contributed by atoms with E-state index in [1.54, 1.807) is 23.8 Å². The Bertz CT molecular complexity index is 1570. The number of halogens is 1. The van der Waals surface area contributed by atoms with Crippen molar-refractivity contribution in [3.8, 4) is 6.07 Å². The van der Waals surface area contributed by atoms with Crippen LogP contribution in [0.25, 0.3) is 15.9 Å². The molecule has 194 valence electrons. The number of hydrogen-bond donors (Lipinski definition) is 0.